The van der Waals surface area contributed by atoms with E-state index >= 15 is 0 Å². The van der Waals surface area contributed by atoms with Gasteiger partial charge in [0.15, 0.2) is 16.9 Å². The van der Waals surface area contributed by atoms with Gasteiger partial charge in [0.05, 0.1) is 4.90 Å². The molecule has 1 aliphatic carbocycles. The van der Waals surface area contributed by atoms with Gasteiger partial charge < -0.3 is 4.55 Å². The molecule has 0 aromatic heterocycles. The Balaban J connectivity index is 2.29. The van der Waals surface area contributed by atoms with Crippen molar-refractivity contribution in [1.29, 1.82) is 0 Å². The second-order valence-electron chi connectivity index (χ2n) is 5.01. The molecule has 0 amide bonds. The zero-order chi connectivity index (χ0) is 16.2. The van der Waals surface area contributed by atoms with Crippen molar-refractivity contribution in [1.82, 2.24) is 0 Å². The number of benzene rings is 2. The van der Waals surface area contributed by atoms with Gasteiger partial charge in [-0.15, -0.1) is 0 Å². The first kappa shape index (κ1) is 15.3. The molecule has 0 saturated carbocycles. The summed E-state index contributed by atoms with van der Waals surface area (Å²) in [6.45, 7) is 0. The van der Waals surface area contributed by atoms with E-state index < -0.39 is 11.1 Å². The van der Waals surface area contributed by atoms with E-state index in [-0.39, 0.29) is 5.78 Å². The number of hydrogen-bond acceptors (Lipinski definition) is 2. The fourth-order valence-corrected chi connectivity index (χ4v) is 3.08. The van der Waals surface area contributed by atoms with Crippen LogP contribution >= 0.6 is 0 Å². The number of carbonyl (C=O) groups is 1. The molecule has 3 nitrogen and oxygen atoms in total. The molecule has 0 aliphatic heterocycles. The summed E-state index contributed by atoms with van der Waals surface area (Å²) in [4.78, 5) is 11.7. The summed E-state index contributed by atoms with van der Waals surface area (Å²) >= 11 is -2.10. The molecule has 1 N–H and O–H groups in total. The minimum atomic E-state index is -2.10. The van der Waals surface area contributed by atoms with E-state index in [0.29, 0.717) is 10.5 Å². The second-order valence-corrected chi connectivity index (χ2v) is 5.95. The fourth-order valence-electron chi connectivity index (χ4n) is 2.53. The lowest BCUT2D eigenvalue weighted by Gasteiger charge is -2.15. The molecule has 2 aromatic carbocycles. The third-order valence-corrected chi connectivity index (χ3v) is 4.28. The smallest absolute Gasteiger partial charge is 0.187 e. The monoisotopic (exact) mass is 322 g/mol. The van der Waals surface area contributed by atoms with Crippen molar-refractivity contribution < 1.29 is 13.6 Å². The molecule has 1 atom stereocenters. The Morgan fingerprint density at radius 3 is 2.09 bits per heavy atom. The van der Waals surface area contributed by atoms with Gasteiger partial charge in [-0.05, 0) is 34.9 Å². The van der Waals surface area contributed by atoms with Gasteiger partial charge in [-0.3, -0.25) is 4.79 Å². The van der Waals surface area contributed by atoms with E-state index in [1.165, 1.54) is 12.2 Å². The van der Waals surface area contributed by atoms with Crippen LogP contribution in [0.1, 0.15) is 11.1 Å². The SMILES string of the molecule is O=C1C=CC(=C(c2ccccc2)c2ccccc2S(=O)O)C=C1. The van der Waals surface area contributed by atoms with Gasteiger partial charge in [-0.25, -0.2) is 4.21 Å². The Morgan fingerprint density at radius 2 is 1.43 bits per heavy atom. The predicted octanol–water partition coefficient (Wildman–Crippen LogP) is 3.76. The van der Waals surface area contributed by atoms with Gasteiger partial charge in [-0.1, -0.05) is 60.7 Å². The molecule has 0 radical (unpaired) electrons. The van der Waals surface area contributed by atoms with E-state index in [2.05, 4.69) is 0 Å². The third-order valence-electron chi connectivity index (χ3n) is 3.55. The first-order chi connectivity index (χ1) is 11.2. The molecule has 0 spiro atoms. The van der Waals surface area contributed by atoms with Crippen molar-refractivity contribution in [3.05, 3.63) is 95.6 Å². The summed E-state index contributed by atoms with van der Waals surface area (Å²) in [5, 5.41) is 0. The Morgan fingerprint density at radius 1 is 0.826 bits per heavy atom. The van der Waals surface area contributed by atoms with Crippen LogP contribution in [-0.2, 0) is 15.9 Å². The van der Waals surface area contributed by atoms with E-state index in [0.717, 1.165) is 16.7 Å². The van der Waals surface area contributed by atoms with E-state index in [1.54, 1.807) is 24.3 Å². The quantitative estimate of drug-likeness (QED) is 0.875. The summed E-state index contributed by atoms with van der Waals surface area (Å²) < 4.78 is 21.3. The van der Waals surface area contributed by atoms with Crippen LogP contribution in [0.15, 0.2) is 89.4 Å². The minimum Gasteiger partial charge on any atom is -0.302 e. The molecule has 114 valence electrons. The van der Waals surface area contributed by atoms with Crippen molar-refractivity contribution in [2.45, 2.75) is 4.90 Å². The lowest BCUT2D eigenvalue weighted by Crippen LogP contribution is -2.01. The van der Waals surface area contributed by atoms with Crippen molar-refractivity contribution in [3.63, 3.8) is 0 Å². The van der Waals surface area contributed by atoms with Gasteiger partial charge in [0.1, 0.15) is 0 Å². The van der Waals surface area contributed by atoms with Crippen molar-refractivity contribution >= 4 is 22.4 Å². The molecule has 3 rings (SSSR count). The topological polar surface area (TPSA) is 54.4 Å². The molecular formula is C19H14O3S. The highest BCUT2D eigenvalue weighted by Crippen LogP contribution is 2.32. The molecule has 1 unspecified atom stereocenters. The highest BCUT2D eigenvalue weighted by atomic mass is 32.2. The van der Waals surface area contributed by atoms with Gasteiger partial charge >= 0.3 is 0 Å². The zero-order valence-electron chi connectivity index (χ0n) is 12.2. The number of allylic oxidation sites excluding steroid dienone is 5. The first-order valence-corrected chi connectivity index (χ1v) is 8.17. The van der Waals surface area contributed by atoms with Crippen LogP contribution in [0.2, 0.25) is 0 Å². The van der Waals surface area contributed by atoms with Gasteiger partial charge in [0, 0.05) is 5.56 Å². The Bertz CT molecular complexity index is 843. The van der Waals surface area contributed by atoms with Crippen molar-refractivity contribution in [3.8, 4) is 0 Å². The van der Waals surface area contributed by atoms with Crippen molar-refractivity contribution in [2.75, 3.05) is 0 Å². The van der Waals surface area contributed by atoms with Gasteiger partial charge in [0.25, 0.3) is 0 Å². The Labute approximate surface area is 137 Å². The van der Waals surface area contributed by atoms with Crippen LogP contribution in [0.25, 0.3) is 5.57 Å². The van der Waals surface area contributed by atoms with E-state index in [4.69, 9.17) is 0 Å². The van der Waals surface area contributed by atoms with Crippen LogP contribution in [0.3, 0.4) is 0 Å². The molecule has 0 fully saturated rings. The number of ketones is 1. The normalized spacial score (nSPS) is 14.8. The van der Waals surface area contributed by atoms with Crippen molar-refractivity contribution in [2.24, 2.45) is 0 Å². The average molecular weight is 322 g/mol. The van der Waals surface area contributed by atoms with Gasteiger partial charge in [-0.2, -0.15) is 0 Å². The summed E-state index contributed by atoms with van der Waals surface area (Å²) in [7, 11) is 0. The van der Waals surface area contributed by atoms with Crippen LogP contribution in [0.5, 0.6) is 0 Å². The Hall–Kier alpha value is -2.56. The molecule has 1 aliphatic rings. The number of carbonyl (C=O) groups excluding carboxylic acids is 1. The third kappa shape index (κ3) is 3.28. The summed E-state index contributed by atoms with van der Waals surface area (Å²) in [6.07, 6.45) is 6.47. The molecule has 0 bridgehead atoms. The predicted molar refractivity (Wildman–Crippen MR) is 91.2 cm³/mol. The fraction of sp³-hybridized carbons (Fsp3) is 0. The average Bonchev–Trinajstić information content (AvgIpc) is 2.58. The van der Waals surface area contributed by atoms with E-state index in [9.17, 15) is 13.6 Å². The van der Waals surface area contributed by atoms with Crippen LogP contribution in [-0.4, -0.2) is 14.5 Å². The lowest BCUT2D eigenvalue weighted by molar-refractivity contribution is -0.110. The standard InChI is InChI=1S/C19H14O3S/c20-16-12-10-15(11-13-16)19(14-6-2-1-3-7-14)17-8-4-5-9-18(17)23(21)22/h1-13H,(H,21,22). The molecular weight excluding hydrogens is 308 g/mol. The maximum atomic E-state index is 11.7. The number of hydrogen-bond donors (Lipinski definition) is 1. The second kappa shape index (κ2) is 6.69. The van der Waals surface area contributed by atoms with Crippen LogP contribution in [0, 0.1) is 0 Å². The Kier molecular flexibility index (Phi) is 4.46. The molecule has 4 heteroatoms. The summed E-state index contributed by atoms with van der Waals surface area (Å²) in [6, 6.07) is 16.6. The maximum Gasteiger partial charge on any atom is 0.187 e. The minimum absolute atomic E-state index is 0.0693. The zero-order valence-corrected chi connectivity index (χ0v) is 13.0. The van der Waals surface area contributed by atoms with Crippen LogP contribution in [0.4, 0.5) is 0 Å². The number of rotatable bonds is 3. The highest BCUT2D eigenvalue weighted by molar-refractivity contribution is 7.79. The lowest BCUT2D eigenvalue weighted by atomic mass is 9.91. The molecule has 23 heavy (non-hydrogen) atoms. The molecule has 2 aromatic rings. The maximum absolute atomic E-state index is 11.7. The summed E-state index contributed by atoms with van der Waals surface area (Å²) in [5.74, 6) is -0.0693. The largest absolute Gasteiger partial charge is 0.302 e. The first-order valence-electron chi connectivity index (χ1n) is 7.07. The van der Waals surface area contributed by atoms with E-state index in [1.807, 2.05) is 42.5 Å². The summed E-state index contributed by atoms with van der Waals surface area (Å²) in [5.41, 5.74) is 3.25. The molecule has 0 heterocycles. The molecule has 0 saturated heterocycles. The van der Waals surface area contributed by atoms with Crippen LogP contribution < -0.4 is 0 Å². The highest BCUT2D eigenvalue weighted by Gasteiger charge is 2.16. The van der Waals surface area contributed by atoms with Gasteiger partial charge in [0.2, 0.25) is 0 Å².